The molecule has 0 spiro atoms. The van der Waals surface area contributed by atoms with Gasteiger partial charge in [-0.25, -0.2) is 8.78 Å². The molecule has 1 saturated carbocycles. The minimum atomic E-state index is -2.48. The molecule has 1 N–H and O–H groups in total. The second kappa shape index (κ2) is 3.01. The van der Waals surface area contributed by atoms with Crippen molar-refractivity contribution in [1.29, 1.82) is 0 Å². The van der Waals surface area contributed by atoms with Crippen LogP contribution < -0.4 is 5.32 Å². The Labute approximate surface area is 86.5 Å². The van der Waals surface area contributed by atoms with E-state index in [2.05, 4.69) is 10.4 Å². The molecule has 2 atom stereocenters. The van der Waals surface area contributed by atoms with Gasteiger partial charge in [0, 0.05) is 19.2 Å². The molecule has 3 nitrogen and oxygen atoms in total. The quantitative estimate of drug-likeness (QED) is 0.807. The predicted octanol–water partition coefficient (Wildman–Crippen LogP) is 1.54. The molecule has 0 radical (unpaired) electrons. The van der Waals surface area contributed by atoms with Crippen LogP contribution in [0.2, 0.25) is 0 Å². The van der Waals surface area contributed by atoms with Crippen molar-refractivity contribution in [1.82, 2.24) is 15.1 Å². The Morgan fingerprint density at radius 1 is 1.53 bits per heavy atom. The first-order valence-electron chi connectivity index (χ1n) is 5.29. The molecule has 82 valence electrons. The first-order valence-corrected chi connectivity index (χ1v) is 5.29. The smallest absolute Gasteiger partial charge is 0.256 e. The van der Waals surface area contributed by atoms with E-state index in [9.17, 15) is 8.78 Å². The fraction of sp³-hybridized carbons (Fsp3) is 0.700. The summed E-state index contributed by atoms with van der Waals surface area (Å²) in [6.07, 6.45) is 4.39. The lowest BCUT2D eigenvalue weighted by Crippen LogP contribution is -2.13. The molecule has 3 rings (SSSR count). The molecule has 1 saturated heterocycles. The molecule has 0 aromatic carbocycles. The molecule has 1 aliphatic heterocycles. The molecule has 1 aromatic rings. The molecule has 0 amide bonds. The van der Waals surface area contributed by atoms with E-state index in [1.807, 2.05) is 4.68 Å². The summed E-state index contributed by atoms with van der Waals surface area (Å²) in [5, 5.41) is 7.40. The van der Waals surface area contributed by atoms with Crippen molar-refractivity contribution in [3.8, 4) is 0 Å². The summed E-state index contributed by atoms with van der Waals surface area (Å²) >= 11 is 0. The van der Waals surface area contributed by atoms with Gasteiger partial charge in [-0.05, 0) is 18.5 Å². The van der Waals surface area contributed by atoms with Gasteiger partial charge in [0.25, 0.3) is 5.92 Å². The first-order chi connectivity index (χ1) is 7.17. The number of aromatic nitrogens is 2. The largest absolute Gasteiger partial charge is 0.315 e. The number of rotatable bonds is 2. The summed E-state index contributed by atoms with van der Waals surface area (Å²) in [4.78, 5) is 0. The van der Waals surface area contributed by atoms with Crippen LogP contribution in [0.15, 0.2) is 12.4 Å². The second-order valence-electron chi connectivity index (χ2n) is 4.42. The van der Waals surface area contributed by atoms with Gasteiger partial charge >= 0.3 is 0 Å². The Hall–Kier alpha value is -0.970. The lowest BCUT2D eigenvalue weighted by Gasteiger charge is -2.07. The van der Waals surface area contributed by atoms with Crippen molar-refractivity contribution >= 4 is 0 Å². The van der Waals surface area contributed by atoms with E-state index in [1.165, 1.54) is 0 Å². The Morgan fingerprint density at radius 2 is 2.33 bits per heavy atom. The standard InChI is InChI=1S/C10H13F2N3/c11-10(12)3-9(10)7-4-14-15(6-7)8-1-2-13-5-8/h4,6,8-9,13H,1-3,5H2. The van der Waals surface area contributed by atoms with Crippen molar-refractivity contribution in [2.24, 2.45) is 0 Å². The maximum absolute atomic E-state index is 12.8. The number of hydrogen-bond acceptors (Lipinski definition) is 2. The van der Waals surface area contributed by atoms with Crippen LogP contribution in [0.25, 0.3) is 0 Å². The van der Waals surface area contributed by atoms with E-state index >= 15 is 0 Å². The third kappa shape index (κ3) is 1.55. The van der Waals surface area contributed by atoms with Gasteiger partial charge in [0.05, 0.1) is 18.2 Å². The topological polar surface area (TPSA) is 29.9 Å². The average Bonchev–Trinajstić information content (AvgIpc) is 2.73. The SMILES string of the molecule is FC1(F)CC1c1cnn(C2CCNC2)c1. The summed E-state index contributed by atoms with van der Waals surface area (Å²) in [6.45, 7) is 1.88. The normalized spacial score (nSPS) is 33.2. The molecule has 5 heteroatoms. The van der Waals surface area contributed by atoms with E-state index in [4.69, 9.17) is 0 Å². The summed E-state index contributed by atoms with van der Waals surface area (Å²) in [6, 6.07) is 0.339. The molecule has 15 heavy (non-hydrogen) atoms. The average molecular weight is 213 g/mol. The Balaban J connectivity index is 1.76. The summed E-state index contributed by atoms with van der Waals surface area (Å²) in [7, 11) is 0. The number of hydrogen-bond donors (Lipinski definition) is 1. The zero-order valence-electron chi connectivity index (χ0n) is 8.29. The van der Waals surface area contributed by atoms with Crippen LogP contribution in [0.5, 0.6) is 0 Å². The summed E-state index contributed by atoms with van der Waals surface area (Å²) in [5.74, 6) is -3.07. The van der Waals surface area contributed by atoms with Crippen molar-refractivity contribution in [3.63, 3.8) is 0 Å². The van der Waals surface area contributed by atoms with Gasteiger partial charge in [-0.2, -0.15) is 5.10 Å². The van der Waals surface area contributed by atoms with Gasteiger partial charge in [-0.3, -0.25) is 4.68 Å². The van der Waals surface area contributed by atoms with Crippen LogP contribution in [0.3, 0.4) is 0 Å². The van der Waals surface area contributed by atoms with Crippen molar-refractivity contribution in [2.75, 3.05) is 13.1 Å². The zero-order chi connectivity index (χ0) is 10.5. The van der Waals surface area contributed by atoms with Crippen LogP contribution in [0.1, 0.15) is 30.4 Å². The Morgan fingerprint density at radius 3 is 2.93 bits per heavy atom. The Bertz CT molecular complexity index is 349. The molecule has 2 unspecified atom stereocenters. The van der Waals surface area contributed by atoms with Gasteiger partial charge < -0.3 is 5.32 Å². The molecule has 1 aromatic heterocycles. The fourth-order valence-electron chi connectivity index (χ4n) is 2.17. The van der Waals surface area contributed by atoms with Gasteiger partial charge in [0.1, 0.15) is 0 Å². The highest BCUT2D eigenvalue weighted by Gasteiger charge is 2.58. The molecule has 2 fully saturated rings. The lowest BCUT2D eigenvalue weighted by molar-refractivity contribution is 0.112. The molecule has 0 bridgehead atoms. The first kappa shape index (κ1) is 9.27. The zero-order valence-corrected chi connectivity index (χ0v) is 8.29. The minimum absolute atomic E-state index is 0.0123. The number of nitrogens with one attached hydrogen (secondary N) is 1. The number of alkyl halides is 2. The van der Waals surface area contributed by atoms with E-state index in [0.29, 0.717) is 11.6 Å². The van der Waals surface area contributed by atoms with Crippen LogP contribution in [0.4, 0.5) is 8.78 Å². The van der Waals surface area contributed by atoms with E-state index in [1.54, 1.807) is 12.4 Å². The van der Waals surface area contributed by atoms with Crippen LogP contribution >= 0.6 is 0 Å². The van der Waals surface area contributed by atoms with Crippen LogP contribution in [-0.2, 0) is 0 Å². The van der Waals surface area contributed by atoms with E-state index in [0.717, 1.165) is 19.5 Å². The van der Waals surface area contributed by atoms with Gasteiger partial charge in [-0.1, -0.05) is 0 Å². The van der Waals surface area contributed by atoms with Crippen LogP contribution in [0, 0.1) is 0 Å². The highest BCUT2D eigenvalue weighted by atomic mass is 19.3. The molecule has 1 aliphatic carbocycles. The third-order valence-electron chi connectivity index (χ3n) is 3.26. The third-order valence-corrected chi connectivity index (χ3v) is 3.26. The molecule has 2 aliphatic rings. The molecular formula is C10H13F2N3. The van der Waals surface area contributed by atoms with E-state index < -0.39 is 11.8 Å². The molecular weight excluding hydrogens is 200 g/mol. The maximum Gasteiger partial charge on any atom is 0.256 e. The van der Waals surface area contributed by atoms with Crippen molar-refractivity contribution in [3.05, 3.63) is 18.0 Å². The van der Waals surface area contributed by atoms with Gasteiger partial charge in [-0.15, -0.1) is 0 Å². The van der Waals surface area contributed by atoms with Gasteiger partial charge in [0.15, 0.2) is 0 Å². The van der Waals surface area contributed by atoms with Crippen LogP contribution in [-0.4, -0.2) is 28.8 Å². The summed E-state index contributed by atoms with van der Waals surface area (Å²) in [5.41, 5.74) is 0.687. The summed E-state index contributed by atoms with van der Waals surface area (Å²) < 4.78 is 27.5. The number of halogens is 2. The van der Waals surface area contributed by atoms with E-state index in [-0.39, 0.29) is 6.42 Å². The predicted molar refractivity (Wildman–Crippen MR) is 51.1 cm³/mol. The van der Waals surface area contributed by atoms with Crippen molar-refractivity contribution in [2.45, 2.75) is 30.7 Å². The van der Waals surface area contributed by atoms with Gasteiger partial charge in [0.2, 0.25) is 0 Å². The molecule has 2 heterocycles. The Kier molecular flexibility index (Phi) is 1.86. The minimum Gasteiger partial charge on any atom is -0.315 e. The lowest BCUT2D eigenvalue weighted by atomic mass is 10.2. The highest BCUT2D eigenvalue weighted by Crippen LogP contribution is 2.55. The number of nitrogens with zero attached hydrogens (tertiary/aromatic N) is 2. The second-order valence-corrected chi connectivity index (χ2v) is 4.42. The fourth-order valence-corrected chi connectivity index (χ4v) is 2.17. The monoisotopic (exact) mass is 213 g/mol. The maximum atomic E-state index is 12.8. The highest BCUT2D eigenvalue weighted by molar-refractivity contribution is 5.24. The van der Waals surface area contributed by atoms with Crippen molar-refractivity contribution < 1.29 is 8.78 Å².